The van der Waals surface area contributed by atoms with Crippen LogP contribution in [0.3, 0.4) is 0 Å². The molecule has 174 valence electrons. The molecular formula is C24H34N4O4. The maximum absolute atomic E-state index is 13.9. The van der Waals surface area contributed by atoms with E-state index in [1.165, 1.54) is 4.90 Å². The smallest absolute Gasteiger partial charge is 0.408 e. The molecule has 1 aromatic carbocycles. The first-order valence-electron chi connectivity index (χ1n) is 11.6. The molecule has 0 aromatic heterocycles. The molecule has 5 unspecified atom stereocenters. The highest BCUT2D eigenvalue weighted by molar-refractivity contribution is 5.92. The van der Waals surface area contributed by atoms with Gasteiger partial charge in [0.25, 0.3) is 0 Å². The Balaban J connectivity index is 1.70. The Morgan fingerprint density at radius 2 is 1.94 bits per heavy atom. The highest BCUT2D eigenvalue weighted by Crippen LogP contribution is 2.57. The van der Waals surface area contributed by atoms with Crippen molar-refractivity contribution in [1.82, 2.24) is 15.1 Å². The van der Waals surface area contributed by atoms with Gasteiger partial charge in [-0.3, -0.25) is 19.4 Å². The third kappa shape index (κ3) is 3.74. The first-order valence-corrected chi connectivity index (χ1v) is 11.6. The van der Waals surface area contributed by atoms with Gasteiger partial charge >= 0.3 is 6.09 Å². The van der Waals surface area contributed by atoms with Gasteiger partial charge < -0.3 is 16.2 Å². The molecule has 0 radical (unpaired) electrons. The number of primary amides is 1. The van der Waals surface area contributed by atoms with Crippen LogP contribution < -0.4 is 11.1 Å². The summed E-state index contributed by atoms with van der Waals surface area (Å²) < 4.78 is 0. The lowest BCUT2D eigenvalue weighted by molar-refractivity contribution is -0.155. The molecule has 3 aliphatic heterocycles. The molecule has 4 aliphatic rings. The minimum Gasteiger partial charge on any atom is -0.465 e. The molecule has 1 aromatic rings. The fourth-order valence-corrected chi connectivity index (χ4v) is 6.64. The van der Waals surface area contributed by atoms with Gasteiger partial charge in [-0.15, -0.1) is 0 Å². The van der Waals surface area contributed by atoms with Crippen LogP contribution in [-0.4, -0.2) is 64.0 Å². The summed E-state index contributed by atoms with van der Waals surface area (Å²) in [5, 5.41) is 13.2. The van der Waals surface area contributed by atoms with Crippen molar-refractivity contribution in [3.05, 3.63) is 35.9 Å². The molecule has 4 N–H and O–H groups in total. The molecule has 3 saturated heterocycles. The second kappa shape index (κ2) is 8.73. The Labute approximate surface area is 189 Å². The number of amides is 3. The molecule has 32 heavy (non-hydrogen) atoms. The van der Waals surface area contributed by atoms with Crippen LogP contribution in [0.25, 0.3) is 0 Å². The van der Waals surface area contributed by atoms with Gasteiger partial charge in [-0.1, -0.05) is 44.2 Å². The summed E-state index contributed by atoms with van der Waals surface area (Å²) in [5.74, 6) is -0.0325. The monoisotopic (exact) mass is 442 g/mol. The third-order valence-electron chi connectivity index (χ3n) is 7.60. The van der Waals surface area contributed by atoms with E-state index in [1.807, 2.05) is 30.3 Å². The molecule has 1 aliphatic carbocycles. The molecule has 3 heterocycles. The molecule has 5 atom stereocenters. The summed E-state index contributed by atoms with van der Waals surface area (Å²) in [6, 6.07) is 9.41. The molecule has 0 spiro atoms. The second-order valence-electron chi connectivity index (χ2n) is 10.0. The zero-order chi connectivity index (χ0) is 23.0. The van der Waals surface area contributed by atoms with E-state index in [2.05, 4.69) is 24.1 Å². The van der Waals surface area contributed by atoms with E-state index in [0.29, 0.717) is 32.0 Å². The number of fused-ring (bicyclic) bond motifs is 1. The summed E-state index contributed by atoms with van der Waals surface area (Å²) in [6.45, 7) is 6.46. The highest BCUT2D eigenvalue weighted by Gasteiger charge is 2.72. The third-order valence-corrected chi connectivity index (χ3v) is 7.60. The van der Waals surface area contributed by atoms with Gasteiger partial charge in [-0.25, -0.2) is 4.79 Å². The Kier molecular flexibility index (Phi) is 6.16. The van der Waals surface area contributed by atoms with E-state index in [9.17, 15) is 19.5 Å². The summed E-state index contributed by atoms with van der Waals surface area (Å²) in [5.41, 5.74) is 5.30. The second-order valence-corrected chi connectivity index (χ2v) is 10.0. The maximum atomic E-state index is 13.9. The number of nitrogens with one attached hydrogen (secondary N) is 1. The van der Waals surface area contributed by atoms with Crippen LogP contribution in [0.2, 0.25) is 0 Å². The summed E-state index contributed by atoms with van der Waals surface area (Å²) in [6.07, 6.45) is 0.607. The quantitative estimate of drug-likeness (QED) is 0.569. The van der Waals surface area contributed by atoms with Gasteiger partial charge in [0, 0.05) is 44.6 Å². The number of nitrogens with zero attached hydrogens (tertiary/aromatic N) is 2. The topological polar surface area (TPSA) is 116 Å². The van der Waals surface area contributed by atoms with Crippen LogP contribution in [0.1, 0.15) is 38.7 Å². The zero-order valence-corrected chi connectivity index (χ0v) is 18.9. The van der Waals surface area contributed by atoms with Crippen molar-refractivity contribution in [2.75, 3.05) is 19.6 Å². The van der Waals surface area contributed by atoms with Crippen molar-refractivity contribution in [3.8, 4) is 0 Å². The summed E-state index contributed by atoms with van der Waals surface area (Å²) >= 11 is 0. The predicted octanol–water partition coefficient (Wildman–Crippen LogP) is 1.89. The van der Waals surface area contributed by atoms with Gasteiger partial charge in [-0.05, 0) is 36.2 Å². The van der Waals surface area contributed by atoms with Crippen LogP contribution in [0, 0.1) is 23.7 Å². The zero-order valence-electron chi connectivity index (χ0n) is 18.9. The number of piperidine rings is 2. The number of carbonyl (C=O) groups is 3. The lowest BCUT2D eigenvalue weighted by atomic mass is 9.57. The molecule has 4 bridgehead atoms. The lowest BCUT2D eigenvalue weighted by Gasteiger charge is -2.60. The normalized spacial score (nSPS) is 31.2. The fraction of sp³-hybridized carbons (Fsp3) is 0.625. The first kappa shape index (κ1) is 22.6. The van der Waals surface area contributed by atoms with Crippen molar-refractivity contribution in [1.29, 1.82) is 0 Å². The molecule has 1 saturated carbocycles. The van der Waals surface area contributed by atoms with Crippen molar-refractivity contribution in [3.63, 3.8) is 0 Å². The molecule has 4 fully saturated rings. The van der Waals surface area contributed by atoms with Crippen LogP contribution >= 0.6 is 0 Å². The van der Waals surface area contributed by atoms with E-state index < -0.39 is 11.6 Å². The van der Waals surface area contributed by atoms with Crippen LogP contribution in [0.4, 0.5) is 4.79 Å². The van der Waals surface area contributed by atoms with Crippen molar-refractivity contribution in [2.24, 2.45) is 29.4 Å². The van der Waals surface area contributed by atoms with Crippen LogP contribution in [0.5, 0.6) is 0 Å². The SMILES string of the molecule is CC(C)CN1CC2CC3CN(C(=O)O)C2(C(=O)NCc2ccccc2)C1C3CCC(N)=O. The minimum absolute atomic E-state index is 0.0540. The van der Waals surface area contributed by atoms with E-state index in [-0.39, 0.29) is 42.0 Å². The highest BCUT2D eigenvalue weighted by atomic mass is 16.4. The number of benzene rings is 1. The number of hydrogen-bond acceptors (Lipinski definition) is 4. The average molecular weight is 443 g/mol. The Morgan fingerprint density at radius 3 is 2.56 bits per heavy atom. The molecule has 8 heteroatoms. The van der Waals surface area contributed by atoms with Crippen molar-refractivity contribution < 1.29 is 19.5 Å². The first-order chi connectivity index (χ1) is 15.2. The van der Waals surface area contributed by atoms with Gasteiger partial charge in [-0.2, -0.15) is 0 Å². The van der Waals surface area contributed by atoms with Crippen LogP contribution in [-0.2, 0) is 16.1 Å². The van der Waals surface area contributed by atoms with Crippen molar-refractivity contribution >= 4 is 17.9 Å². The molecule has 5 rings (SSSR count). The van der Waals surface area contributed by atoms with E-state index in [1.54, 1.807) is 0 Å². The predicted molar refractivity (Wildman–Crippen MR) is 119 cm³/mol. The number of carboxylic acid groups (broad SMARTS) is 1. The molecule has 3 amide bonds. The fourth-order valence-electron chi connectivity index (χ4n) is 6.64. The standard InChI is InChI=1S/C24H34N4O4/c1-15(2)12-27-14-18-10-17-13-28(23(31)32)24(18,21(27)19(17)8-9-20(25)29)22(30)26-11-16-6-4-3-5-7-16/h3-7,15,17-19,21H,8-14H2,1-2H3,(H2,25,29)(H,26,30)(H,31,32). The number of likely N-dealkylation sites (tertiary alicyclic amines) is 1. The largest absolute Gasteiger partial charge is 0.465 e. The molecular weight excluding hydrogens is 408 g/mol. The number of rotatable bonds is 8. The summed E-state index contributed by atoms with van der Waals surface area (Å²) in [4.78, 5) is 41.6. The van der Waals surface area contributed by atoms with E-state index in [0.717, 1.165) is 18.5 Å². The van der Waals surface area contributed by atoms with Gasteiger partial charge in [0.1, 0.15) is 5.54 Å². The minimum atomic E-state index is -1.13. The number of hydrogen-bond donors (Lipinski definition) is 3. The summed E-state index contributed by atoms with van der Waals surface area (Å²) in [7, 11) is 0. The number of nitrogens with two attached hydrogens (primary N) is 1. The lowest BCUT2D eigenvalue weighted by Crippen LogP contribution is -2.77. The van der Waals surface area contributed by atoms with E-state index in [4.69, 9.17) is 5.73 Å². The van der Waals surface area contributed by atoms with Crippen molar-refractivity contribution in [2.45, 2.75) is 51.2 Å². The van der Waals surface area contributed by atoms with Gasteiger partial charge in [0.2, 0.25) is 11.8 Å². The molecule has 8 nitrogen and oxygen atoms in total. The van der Waals surface area contributed by atoms with Crippen LogP contribution in [0.15, 0.2) is 30.3 Å². The van der Waals surface area contributed by atoms with E-state index >= 15 is 0 Å². The maximum Gasteiger partial charge on any atom is 0.408 e. The van der Waals surface area contributed by atoms with Gasteiger partial charge in [0.15, 0.2) is 0 Å². The Morgan fingerprint density at radius 1 is 1.22 bits per heavy atom. The number of carbonyl (C=O) groups excluding carboxylic acids is 2. The van der Waals surface area contributed by atoms with Gasteiger partial charge in [0.05, 0.1) is 0 Å². The Hall–Kier alpha value is -2.61. The average Bonchev–Trinajstić information content (AvgIpc) is 2.99. The Bertz CT molecular complexity index is 876.